The number of fused-ring (bicyclic) bond motifs is 1. The van der Waals surface area contributed by atoms with Crippen LogP contribution in [0.5, 0.6) is 0 Å². The molecule has 3 heterocycles. The van der Waals surface area contributed by atoms with Crippen LogP contribution in [-0.4, -0.2) is 35.6 Å². The van der Waals surface area contributed by atoms with Crippen LogP contribution in [-0.2, 0) is 26.1 Å². The summed E-state index contributed by atoms with van der Waals surface area (Å²) >= 11 is 1.76. The van der Waals surface area contributed by atoms with Crippen molar-refractivity contribution in [2.24, 2.45) is 0 Å². The van der Waals surface area contributed by atoms with Gasteiger partial charge in [0.1, 0.15) is 11.5 Å². The van der Waals surface area contributed by atoms with Gasteiger partial charge in [-0.05, 0) is 36.5 Å². The van der Waals surface area contributed by atoms with Crippen LogP contribution in [0.4, 0.5) is 0 Å². The first-order chi connectivity index (χ1) is 9.22. The molecule has 0 atom stereocenters. The topological polar surface area (TPSA) is 32.5 Å². The van der Waals surface area contributed by atoms with Crippen molar-refractivity contribution in [2.45, 2.75) is 26.1 Å². The molecule has 0 aromatic carbocycles. The van der Waals surface area contributed by atoms with E-state index in [0.717, 1.165) is 44.1 Å². The van der Waals surface area contributed by atoms with Gasteiger partial charge < -0.3 is 9.42 Å². The lowest BCUT2D eigenvalue weighted by molar-refractivity contribution is 0.228. The highest BCUT2D eigenvalue weighted by Gasteiger charge is 2.24. The summed E-state index contributed by atoms with van der Waals surface area (Å²) in [7, 11) is 4.13. The summed E-state index contributed by atoms with van der Waals surface area (Å²) in [6, 6.07) is 2.20. The molecule has 0 amide bonds. The fourth-order valence-corrected chi connectivity index (χ4v) is 3.18. The third-order valence-electron chi connectivity index (χ3n) is 3.44. The molecular formula is C14H19N3OS. The van der Waals surface area contributed by atoms with Crippen LogP contribution >= 0.6 is 11.3 Å². The van der Waals surface area contributed by atoms with Gasteiger partial charge in [0.05, 0.1) is 0 Å². The third kappa shape index (κ3) is 2.88. The van der Waals surface area contributed by atoms with Crippen molar-refractivity contribution in [3.63, 3.8) is 0 Å². The van der Waals surface area contributed by atoms with Crippen molar-refractivity contribution in [2.75, 3.05) is 20.6 Å². The number of thiophene rings is 1. The second-order valence-corrected chi connectivity index (χ2v) is 6.14. The standard InChI is InChI=1S/C14H19N3OS/c1-16(2)9-13-12-8-17(5-3-14(12)18-15-13)7-11-4-6-19-10-11/h4,6,10H,3,5,7-9H2,1-2H3. The van der Waals surface area contributed by atoms with Gasteiger partial charge in [-0.25, -0.2) is 0 Å². The van der Waals surface area contributed by atoms with Gasteiger partial charge in [0.25, 0.3) is 0 Å². The molecule has 0 saturated heterocycles. The zero-order chi connectivity index (χ0) is 13.2. The van der Waals surface area contributed by atoms with Crippen molar-refractivity contribution in [3.05, 3.63) is 39.4 Å². The third-order valence-corrected chi connectivity index (χ3v) is 4.17. The van der Waals surface area contributed by atoms with Crippen LogP contribution in [0.25, 0.3) is 0 Å². The van der Waals surface area contributed by atoms with Gasteiger partial charge in [-0.1, -0.05) is 5.16 Å². The van der Waals surface area contributed by atoms with Gasteiger partial charge >= 0.3 is 0 Å². The van der Waals surface area contributed by atoms with E-state index >= 15 is 0 Å². The molecular weight excluding hydrogens is 258 g/mol. The molecule has 5 heteroatoms. The van der Waals surface area contributed by atoms with E-state index < -0.39 is 0 Å². The zero-order valence-corrected chi connectivity index (χ0v) is 12.2. The van der Waals surface area contributed by atoms with Crippen molar-refractivity contribution in [1.29, 1.82) is 0 Å². The minimum Gasteiger partial charge on any atom is -0.361 e. The van der Waals surface area contributed by atoms with E-state index in [2.05, 4.69) is 45.9 Å². The molecule has 2 aromatic heterocycles. The number of nitrogens with zero attached hydrogens (tertiary/aromatic N) is 3. The number of rotatable bonds is 4. The normalized spacial score (nSPS) is 15.9. The summed E-state index contributed by atoms with van der Waals surface area (Å²) in [6.45, 7) is 3.89. The van der Waals surface area contributed by atoms with Crippen LogP contribution in [0.15, 0.2) is 21.3 Å². The number of hydrogen-bond acceptors (Lipinski definition) is 5. The Morgan fingerprint density at radius 2 is 2.37 bits per heavy atom. The van der Waals surface area contributed by atoms with Crippen molar-refractivity contribution >= 4 is 11.3 Å². The van der Waals surface area contributed by atoms with Gasteiger partial charge in [-0.15, -0.1) is 0 Å². The zero-order valence-electron chi connectivity index (χ0n) is 11.4. The van der Waals surface area contributed by atoms with Gasteiger partial charge in [-0.2, -0.15) is 11.3 Å². The van der Waals surface area contributed by atoms with Crippen molar-refractivity contribution in [3.8, 4) is 0 Å². The first kappa shape index (κ1) is 12.8. The Balaban J connectivity index is 1.73. The predicted molar refractivity (Wildman–Crippen MR) is 76.0 cm³/mol. The fourth-order valence-electron chi connectivity index (χ4n) is 2.52. The highest BCUT2D eigenvalue weighted by atomic mass is 32.1. The summed E-state index contributed by atoms with van der Waals surface area (Å²) < 4.78 is 5.47. The first-order valence-corrected chi connectivity index (χ1v) is 7.51. The lowest BCUT2D eigenvalue weighted by Gasteiger charge is -2.25. The quantitative estimate of drug-likeness (QED) is 0.859. The van der Waals surface area contributed by atoms with Crippen molar-refractivity contribution in [1.82, 2.24) is 15.0 Å². The van der Waals surface area contributed by atoms with Gasteiger partial charge in [0.15, 0.2) is 0 Å². The Morgan fingerprint density at radius 1 is 1.47 bits per heavy atom. The first-order valence-electron chi connectivity index (χ1n) is 6.57. The van der Waals surface area contributed by atoms with Crippen LogP contribution in [0, 0.1) is 0 Å². The smallest absolute Gasteiger partial charge is 0.142 e. The Kier molecular flexibility index (Phi) is 3.68. The maximum absolute atomic E-state index is 5.47. The molecule has 0 fully saturated rings. The molecule has 0 saturated carbocycles. The highest BCUT2D eigenvalue weighted by molar-refractivity contribution is 7.07. The molecule has 3 rings (SSSR count). The highest BCUT2D eigenvalue weighted by Crippen LogP contribution is 2.24. The molecule has 19 heavy (non-hydrogen) atoms. The molecule has 0 N–H and O–H groups in total. The van der Waals surface area contributed by atoms with Gasteiger partial charge in [-0.3, -0.25) is 4.90 Å². The summed E-state index contributed by atoms with van der Waals surface area (Å²) in [5, 5.41) is 8.59. The Hall–Kier alpha value is -1.17. The van der Waals surface area contributed by atoms with Crippen LogP contribution < -0.4 is 0 Å². The van der Waals surface area contributed by atoms with E-state index in [-0.39, 0.29) is 0 Å². The molecule has 1 aliphatic heterocycles. The number of aromatic nitrogens is 1. The maximum Gasteiger partial charge on any atom is 0.142 e. The summed E-state index contributed by atoms with van der Waals surface area (Å²) in [5.74, 6) is 1.08. The van der Waals surface area contributed by atoms with Crippen LogP contribution in [0.3, 0.4) is 0 Å². The lowest BCUT2D eigenvalue weighted by Crippen LogP contribution is -2.30. The van der Waals surface area contributed by atoms with E-state index in [4.69, 9.17) is 4.52 Å². The van der Waals surface area contributed by atoms with Crippen molar-refractivity contribution < 1.29 is 4.52 Å². The Bertz CT molecular complexity index is 533. The van der Waals surface area contributed by atoms with E-state index in [1.165, 1.54) is 11.1 Å². The maximum atomic E-state index is 5.47. The second-order valence-electron chi connectivity index (χ2n) is 5.36. The molecule has 0 aliphatic carbocycles. The van der Waals surface area contributed by atoms with Gasteiger partial charge in [0.2, 0.25) is 0 Å². The number of hydrogen-bond donors (Lipinski definition) is 0. The summed E-state index contributed by atoms with van der Waals surface area (Å²) in [6.07, 6.45) is 0.972. The minimum atomic E-state index is 0.852. The molecule has 2 aromatic rings. The molecule has 1 aliphatic rings. The largest absolute Gasteiger partial charge is 0.361 e. The van der Waals surface area contributed by atoms with E-state index in [9.17, 15) is 0 Å². The monoisotopic (exact) mass is 277 g/mol. The van der Waals surface area contributed by atoms with E-state index in [0.29, 0.717) is 0 Å². The van der Waals surface area contributed by atoms with Crippen LogP contribution in [0.1, 0.15) is 22.6 Å². The van der Waals surface area contributed by atoms with E-state index in [1.54, 1.807) is 11.3 Å². The van der Waals surface area contributed by atoms with Gasteiger partial charge in [0, 0.05) is 38.2 Å². The molecule has 0 bridgehead atoms. The predicted octanol–water partition coefficient (Wildman–Crippen LogP) is 2.36. The second kappa shape index (κ2) is 5.45. The molecule has 102 valence electrons. The summed E-state index contributed by atoms with van der Waals surface area (Å²) in [4.78, 5) is 4.61. The molecule has 0 radical (unpaired) electrons. The average Bonchev–Trinajstić information content (AvgIpc) is 3.00. The van der Waals surface area contributed by atoms with Crippen LogP contribution in [0.2, 0.25) is 0 Å². The summed E-state index contributed by atoms with van der Waals surface area (Å²) in [5.41, 5.74) is 3.80. The minimum absolute atomic E-state index is 0.852. The SMILES string of the molecule is CN(C)Cc1noc2c1CN(Cc1ccsc1)CC2. The lowest BCUT2D eigenvalue weighted by atomic mass is 10.1. The molecule has 0 unspecified atom stereocenters. The van der Waals surface area contributed by atoms with E-state index in [1.807, 2.05) is 0 Å². The molecule has 4 nitrogen and oxygen atoms in total. The Labute approximate surface area is 117 Å². The Morgan fingerprint density at radius 3 is 3.11 bits per heavy atom. The molecule has 0 spiro atoms. The average molecular weight is 277 g/mol. The fraction of sp³-hybridized carbons (Fsp3) is 0.500.